The number of carbonyl (C=O) groups is 1. The molecule has 0 unspecified atom stereocenters. The summed E-state index contributed by atoms with van der Waals surface area (Å²) in [6, 6.07) is 2.61. The summed E-state index contributed by atoms with van der Waals surface area (Å²) in [5, 5.41) is 9.00. The second-order valence-electron chi connectivity index (χ2n) is 5.22. The molecule has 3 N–H and O–H groups in total. The molecule has 122 valence electrons. The Labute approximate surface area is 125 Å². The first-order chi connectivity index (χ1) is 10.2. The standard InChI is InChI=1S/C14H17F3N2O3/c1-22-11-7-8(13(20)21)6-10(18)12(11)19-4-2-9(3-5-19)14(15,16)17/h6-7,9H,2-5,18H2,1H3,(H,20,21). The summed E-state index contributed by atoms with van der Waals surface area (Å²) in [5.41, 5.74) is 6.49. The average Bonchev–Trinajstić information content (AvgIpc) is 2.45. The van der Waals surface area contributed by atoms with E-state index in [1.165, 1.54) is 19.2 Å². The highest BCUT2D eigenvalue weighted by atomic mass is 19.4. The molecular formula is C14H17F3N2O3. The number of aromatic carboxylic acids is 1. The third-order valence-electron chi connectivity index (χ3n) is 3.85. The lowest BCUT2D eigenvalue weighted by Crippen LogP contribution is -2.39. The van der Waals surface area contributed by atoms with Crippen LogP contribution < -0.4 is 15.4 Å². The Kier molecular flexibility index (Phi) is 4.39. The maximum Gasteiger partial charge on any atom is 0.391 e. The van der Waals surface area contributed by atoms with E-state index in [0.29, 0.717) is 5.69 Å². The van der Waals surface area contributed by atoms with E-state index in [0.717, 1.165) is 0 Å². The van der Waals surface area contributed by atoms with Crippen molar-refractivity contribution in [3.63, 3.8) is 0 Å². The SMILES string of the molecule is COc1cc(C(=O)O)cc(N)c1N1CCC(C(F)(F)F)CC1. The Bertz CT molecular complexity index is 567. The van der Waals surface area contributed by atoms with Crippen LogP contribution in [0.1, 0.15) is 23.2 Å². The van der Waals surface area contributed by atoms with Crippen LogP contribution in [0.4, 0.5) is 24.5 Å². The quantitative estimate of drug-likeness (QED) is 0.838. The van der Waals surface area contributed by atoms with Crippen LogP contribution in [-0.2, 0) is 0 Å². The monoisotopic (exact) mass is 318 g/mol. The van der Waals surface area contributed by atoms with E-state index in [9.17, 15) is 18.0 Å². The van der Waals surface area contributed by atoms with Crippen LogP contribution in [0.3, 0.4) is 0 Å². The zero-order chi connectivity index (χ0) is 16.5. The third kappa shape index (κ3) is 3.20. The van der Waals surface area contributed by atoms with E-state index in [2.05, 4.69) is 0 Å². The molecule has 0 saturated carbocycles. The van der Waals surface area contributed by atoms with E-state index >= 15 is 0 Å². The predicted octanol–water partition coefficient (Wildman–Crippen LogP) is 2.75. The zero-order valence-electron chi connectivity index (χ0n) is 12.0. The van der Waals surface area contributed by atoms with Crippen molar-refractivity contribution in [2.75, 3.05) is 30.8 Å². The number of carboxylic acid groups (broad SMARTS) is 1. The number of halogens is 3. The van der Waals surface area contributed by atoms with Crippen molar-refractivity contribution in [2.24, 2.45) is 5.92 Å². The topological polar surface area (TPSA) is 75.8 Å². The summed E-state index contributed by atoms with van der Waals surface area (Å²) in [6.45, 7) is 0.383. The number of hydrogen-bond acceptors (Lipinski definition) is 4. The molecule has 0 radical (unpaired) electrons. The van der Waals surface area contributed by atoms with Gasteiger partial charge in [0.25, 0.3) is 0 Å². The normalized spacial score (nSPS) is 16.6. The molecule has 1 saturated heterocycles. The van der Waals surface area contributed by atoms with Crippen LogP contribution in [0.5, 0.6) is 5.75 Å². The Hall–Kier alpha value is -2.12. The van der Waals surface area contributed by atoms with Gasteiger partial charge in [-0.2, -0.15) is 13.2 Å². The highest BCUT2D eigenvalue weighted by Gasteiger charge is 2.41. The molecule has 1 fully saturated rings. The van der Waals surface area contributed by atoms with Gasteiger partial charge in [-0.25, -0.2) is 4.79 Å². The maximum atomic E-state index is 12.7. The summed E-state index contributed by atoms with van der Waals surface area (Å²) in [6.07, 6.45) is -4.23. The zero-order valence-corrected chi connectivity index (χ0v) is 12.0. The van der Waals surface area contributed by atoms with Gasteiger partial charge in [0.15, 0.2) is 0 Å². The number of anilines is 2. The first kappa shape index (κ1) is 16.3. The van der Waals surface area contributed by atoms with Gasteiger partial charge < -0.3 is 20.5 Å². The summed E-state index contributed by atoms with van der Waals surface area (Å²) in [5.74, 6) is -2.20. The third-order valence-corrected chi connectivity index (χ3v) is 3.85. The second kappa shape index (κ2) is 5.94. The van der Waals surface area contributed by atoms with Crippen LogP contribution in [0.15, 0.2) is 12.1 Å². The summed E-state index contributed by atoms with van der Waals surface area (Å²) >= 11 is 0. The van der Waals surface area contributed by atoms with Gasteiger partial charge in [0.05, 0.1) is 24.3 Å². The fraction of sp³-hybridized carbons (Fsp3) is 0.500. The van der Waals surface area contributed by atoms with Crippen LogP contribution in [0, 0.1) is 5.92 Å². The number of nitrogens with zero attached hydrogens (tertiary/aromatic N) is 1. The number of alkyl halides is 3. The minimum atomic E-state index is -4.19. The van der Waals surface area contributed by atoms with Gasteiger partial charge >= 0.3 is 12.1 Å². The lowest BCUT2D eigenvalue weighted by atomic mass is 9.95. The molecule has 1 aliphatic rings. The predicted molar refractivity (Wildman–Crippen MR) is 75.4 cm³/mol. The van der Waals surface area contributed by atoms with E-state index in [4.69, 9.17) is 15.6 Å². The number of benzene rings is 1. The van der Waals surface area contributed by atoms with E-state index < -0.39 is 18.1 Å². The summed E-state index contributed by atoms with van der Waals surface area (Å²) in [4.78, 5) is 12.7. The largest absolute Gasteiger partial charge is 0.494 e. The fourth-order valence-electron chi connectivity index (χ4n) is 2.68. The van der Waals surface area contributed by atoms with Crippen LogP contribution in [0.2, 0.25) is 0 Å². The van der Waals surface area contributed by atoms with Gasteiger partial charge in [-0.1, -0.05) is 0 Å². The maximum absolute atomic E-state index is 12.7. The molecule has 1 aliphatic heterocycles. The van der Waals surface area contributed by atoms with Crippen molar-refractivity contribution in [3.05, 3.63) is 17.7 Å². The number of nitrogens with two attached hydrogens (primary N) is 1. The van der Waals surface area contributed by atoms with Crippen LogP contribution in [0.25, 0.3) is 0 Å². The molecule has 1 aromatic rings. The number of nitrogen functional groups attached to an aromatic ring is 1. The molecule has 8 heteroatoms. The van der Waals surface area contributed by atoms with Crippen molar-refractivity contribution < 1.29 is 27.8 Å². The summed E-state index contributed by atoms with van der Waals surface area (Å²) < 4.78 is 43.3. The number of hydrogen-bond donors (Lipinski definition) is 2. The summed E-state index contributed by atoms with van der Waals surface area (Å²) in [7, 11) is 1.37. The molecular weight excluding hydrogens is 301 g/mol. The van der Waals surface area contributed by atoms with Crippen molar-refractivity contribution >= 4 is 17.3 Å². The first-order valence-electron chi connectivity index (χ1n) is 6.76. The highest BCUT2D eigenvalue weighted by molar-refractivity contribution is 5.92. The van der Waals surface area contributed by atoms with Crippen molar-refractivity contribution in [1.29, 1.82) is 0 Å². The van der Waals surface area contributed by atoms with Gasteiger partial charge in [-0.05, 0) is 25.0 Å². The molecule has 1 heterocycles. The molecule has 0 amide bonds. The molecule has 0 aliphatic carbocycles. The van der Waals surface area contributed by atoms with Crippen LogP contribution >= 0.6 is 0 Å². The van der Waals surface area contributed by atoms with E-state index in [1.54, 1.807) is 4.90 Å². The number of ether oxygens (including phenoxy) is 1. The second-order valence-corrected chi connectivity index (χ2v) is 5.22. The van der Waals surface area contributed by atoms with Gasteiger partial charge in [0, 0.05) is 13.1 Å². The number of piperidine rings is 1. The van der Waals surface area contributed by atoms with Gasteiger partial charge in [-0.15, -0.1) is 0 Å². The smallest absolute Gasteiger partial charge is 0.391 e. The van der Waals surface area contributed by atoms with Gasteiger partial charge in [-0.3, -0.25) is 0 Å². The van der Waals surface area contributed by atoms with E-state index in [1.807, 2.05) is 0 Å². The van der Waals surface area contributed by atoms with E-state index in [-0.39, 0.29) is 42.9 Å². The Morgan fingerprint density at radius 3 is 2.41 bits per heavy atom. The van der Waals surface area contributed by atoms with Gasteiger partial charge in [0.2, 0.25) is 0 Å². The minimum absolute atomic E-state index is 0.0211. The fourth-order valence-corrected chi connectivity index (χ4v) is 2.68. The lowest BCUT2D eigenvalue weighted by molar-refractivity contribution is -0.179. The Morgan fingerprint density at radius 1 is 1.36 bits per heavy atom. The number of rotatable bonds is 3. The molecule has 0 bridgehead atoms. The Balaban J connectivity index is 2.25. The molecule has 0 atom stereocenters. The molecule has 1 aromatic carbocycles. The molecule has 0 spiro atoms. The van der Waals surface area contributed by atoms with Crippen molar-refractivity contribution in [2.45, 2.75) is 19.0 Å². The lowest BCUT2D eigenvalue weighted by Gasteiger charge is -2.35. The van der Waals surface area contributed by atoms with Gasteiger partial charge in [0.1, 0.15) is 11.4 Å². The molecule has 2 rings (SSSR count). The van der Waals surface area contributed by atoms with Crippen molar-refractivity contribution in [1.82, 2.24) is 0 Å². The average molecular weight is 318 g/mol. The number of methoxy groups -OCH3 is 1. The minimum Gasteiger partial charge on any atom is -0.494 e. The number of carboxylic acids is 1. The Morgan fingerprint density at radius 2 is 1.95 bits per heavy atom. The molecule has 5 nitrogen and oxygen atoms in total. The molecule has 0 aromatic heterocycles. The van der Waals surface area contributed by atoms with Crippen molar-refractivity contribution in [3.8, 4) is 5.75 Å². The highest BCUT2D eigenvalue weighted by Crippen LogP contribution is 2.40. The first-order valence-corrected chi connectivity index (χ1v) is 6.76. The van der Waals surface area contributed by atoms with Crippen LogP contribution in [-0.4, -0.2) is 37.5 Å². The molecule has 22 heavy (non-hydrogen) atoms.